The molecule has 0 amide bonds. The van der Waals surface area contributed by atoms with Crippen LogP contribution in [0.4, 0.5) is 23.2 Å². The molecular weight excluding hydrogens is 318 g/mol. The molecule has 0 spiro atoms. The maximum absolute atomic E-state index is 13.5. The first-order valence-electron chi connectivity index (χ1n) is 6.37. The topological polar surface area (TPSA) is 55.7 Å². The third kappa shape index (κ3) is 2.77. The largest absolute Gasteiger partial charge is 0.454 e. The molecule has 0 fully saturated rings. The molecule has 1 aliphatic rings. The van der Waals surface area contributed by atoms with E-state index in [1.54, 1.807) is 18.2 Å². The Balaban J connectivity index is 1.88. The molecule has 0 unspecified atom stereocenters. The summed E-state index contributed by atoms with van der Waals surface area (Å²) >= 11 is 0. The standard InChI is InChI=1S/C14H9F4N3O2/c1-6(7-2-3-8-9(4-7)23-5-22-8)20-21-12-10(15)13(17)19-14(18)11(12)16/h2-4H,5H2,1H3,(H,19,21). The maximum Gasteiger partial charge on any atom is 0.254 e. The predicted molar refractivity (Wildman–Crippen MR) is 72.5 cm³/mol. The van der Waals surface area contributed by atoms with Crippen LogP contribution in [0.2, 0.25) is 0 Å². The maximum atomic E-state index is 13.5. The molecule has 1 aromatic carbocycles. The van der Waals surface area contributed by atoms with Gasteiger partial charge in [0.25, 0.3) is 11.9 Å². The Hall–Kier alpha value is -2.84. The molecule has 0 aliphatic carbocycles. The van der Waals surface area contributed by atoms with E-state index < -0.39 is 29.2 Å². The summed E-state index contributed by atoms with van der Waals surface area (Å²) in [5, 5.41) is 3.72. The van der Waals surface area contributed by atoms with Gasteiger partial charge in [0, 0.05) is 5.56 Å². The second kappa shape index (κ2) is 5.75. The van der Waals surface area contributed by atoms with Gasteiger partial charge in [0.1, 0.15) is 5.69 Å². The van der Waals surface area contributed by atoms with E-state index in [4.69, 9.17) is 9.47 Å². The summed E-state index contributed by atoms with van der Waals surface area (Å²) in [6.07, 6.45) is 0. The number of fused-ring (bicyclic) bond motifs is 1. The lowest BCUT2D eigenvalue weighted by molar-refractivity contribution is 0.174. The molecule has 1 aliphatic heterocycles. The average Bonchev–Trinajstić information content (AvgIpc) is 3.00. The van der Waals surface area contributed by atoms with Crippen molar-refractivity contribution in [1.29, 1.82) is 0 Å². The number of aromatic nitrogens is 1. The third-order valence-corrected chi connectivity index (χ3v) is 3.12. The second-order valence-electron chi connectivity index (χ2n) is 4.57. The number of benzene rings is 1. The fraction of sp³-hybridized carbons (Fsp3) is 0.143. The molecule has 0 bridgehead atoms. The number of nitrogens with one attached hydrogen (secondary N) is 1. The molecule has 0 radical (unpaired) electrons. The molecule has 3 rings (SSSR count). The minimum absolute atomic E-state index is 0.0964. The van der Waals surface area contributed by atoms with E-state index in [0.29, 0.717) is 22.8 Å². The number of ether oxygens (including phenoxy) is 2. The monoisotopic (exact) mass is 327 g/mol. The predicted octanol–water partition coefficient (Wildman–Crippen LogP) is 3.20. The van der Waals surface area contributed by atoms with E-state index in [1.165, 1.54) is 6.92 Å². The van der Waals surface area contributed by atoms with E-state index in [9.17, 15) is 17.6 Å². The SMILES string of the molecule is CC(=NNc1c(F)c(F)nc(F)c1F)c1ccc2c(c1)OCO2. The number of hydrogen-bond donors (Lipinski definition) is 1. The summed E-state index contributed by atoms with van der Waals surface area (Å²) in [7, 11) is 0. The zero-order chi connectivity index (χ0) is 16.6. The first kappa shape index (κ1) is 15.1. The lowest BCUT2D eigenvalue weighted by Gasteiger charge is -2.07. The highest BCUT2D eigenvalue weighted by atomic mass is 19.2. The van der Waals surface area contributed by atoms with Crippen LogP contribution in [0.3, 0.4) is 0 Å². The van der Waals surface area contributed by atoms with Gasteiger partial charge < -0.3 is 9.47 Å². The van der Waals surface area contributed by atoms with E-state index in [0.717, 1.165) is 0 Å². The molecule has 0 saturated heterocycles. The van der Waals surface area contributed by atoms with Crippen molar-refractivity contribution in [3.63, 3.8) is 0 Å². The van der Waals surface area contributed by atoms with Gasteiger partial charge in [-0.1, -0.05) is 0 Å². The van der Waals surface area contributed by atoms with Gasteiger partial charge in [0.2, 0.25) is 18.4 Å². The van der Waals surface area contributed by atoms with Crippen LogP contribution in [0.5, 0.6) is 11.5 Å². The van der Waals surface area contributed by atoms with Crippen LogP contribution in [0.1, 0.15) is 12.5 Å². The van der Waals surface area contributed by atoms with Crippen molar-refractivity contribution in [2.45, 2.75) is 6.92 Å². The van der Waals surface area contributed by atoms with Crippen molar-refractivity contribution >= 4 is 11.4 Å². The number of pyridine rings is 1. The fourth-order valence-corrected chi connectivity index (χ4v) is 1.91. The third-order valence-electron chi connectivity index (χ3n) is 3.12. The highest BCUT2D eigenvalue weighted by Crippen LogP contribution is 2.32. The van der Waals surface area contributed by atoms with Crippen molar-refractivity contribution in [2.24, 2.45) is 5.10 Å². The van der Waals surface area contributed by atoms with E-state index >= 15 is 0 Å². The fourth-order valence-electron chi connectivity index (χ4n) is 1.91. The smallest absolute Gasteiger partial charge is 0.254 e. The molecule has 5 nitrogen and oxygen atoms in total. The Kier molecular flexibility index (Phi) is 3.77. The average molecular weight is 327 g/mol. The van der Waals surface area contributed by atoms with Gasteiger partial charge in [-0.3, -0.25) is 5.43 Å². The molecular formula is C14H9F4N3O2. The Morgan fingerprint density at radius 3 is 2.43 bits per heavy atom. The number of halogens is 4. The quantitative estimate of drug-likeness (QED) is 0.407. The number of hydrazone groups is 1. The molecule has 2 heterocycles. The summed E-state index contributed by atoms with van der Waals surface area (Å²) in [6.45, 7) is 1.63. The van der Waals surface area contributed by atoms with Crippen molar-refractivity contribution in [3.8, 4) is 11.5 Å². The first-order valence-corrected chi connectivity index (χ1v) is 6.37. The lowest BCUT2D eigenvalue weighted by atomic mass is 10.1. The highest BCUT2D eigenvalue weighted by molar-refractivity contribution is 5.99. The number of nitrogens with zero attached hydrogens (tertiary/aromatic N) is 2. The van der Waals surface area contributed by atoms with Crippen molar-refractivity contribution in [2.75, 3.05) is 12.2 Å². The molecule has 23 heavy (non-hydrogen) atoms. The van der Waals surface area contributed by atoms with Gasteiger partial charge in [-0.25, -0.2) is 0 Å². The molecule has 9 heteroatoms. The second-order valence-corrected chi connectivity index (χ2v) is 4.57. The summed E-state index contributed by atoms with van der Waals surface area (Å²) < 4.78 is 63.3. The van der Waals surface area contributed by atoms with Crippen LogP contribution >= 0.6 is 0 Å². The van der Waals surface area contributed by atoms with Crippen LogP contribution in [0.15, 0.2) is 23.3 Å². The first-order chi connectivity index (χ1) is 11.0. The molecule has 1 aromatic heterocycles. The molecule has 2 aromatic rings. The van der Waals surface area contributed by atoms with Gasteiger partial charge in [-0.05, 0) is 25.1 Å². The Morgan fingerprint density at radius 1 is 1.09 bits per heavy atom. The summed E-state index contributed by atoms with van der Waals surface area (Å²) in [5.41, 5.74) is 1.79. The molecule has 0 saturated carbocycles. The minimum atomic E-state index is -1.76. The lowest BCUT2D eigenvalue weighted by Crippen LogP contribution is -2.07. The van der Waals surface area contributed by atoms with Crippen LogP contribution in [0.25, 0.3) is 0 Å². The number of hydrogen-bond acceptors (Lipinski definition) is 5. The van der Waals surface area contributed by atoms with E-state index in [2.05, 4.69) is 10.1 Å². The van der Waals surface area contributed by atoms with Crippen molar-refractivity contribution in [3.05, 3.63) is 47.3 Å². The van der Waals surface area contributed by atoms with Gasteiger partial charge >= 0.3 is 0 Å². The van der Waals surface area contributed by atoms with E-state index in [1.807, 2.05) is 5.43 Å². The van der Waals surface area contributed by atoms with Crippen LogP contribution in [0, 0.1) is 23.5 Å². The van der Waals surface area contributed by atoms with Crippen molar-refractivity contribution in [1.82, 2.24) is 4.98 Å². The van der Waals surface area contributed by atoms with Crippen LogP contribution in [-0.4, -0.2) is 17.5 Å². The van der Waals surface area contributed by atoms with Crippen LogP contribution in [-0.2, 0) is 0 Å². The van der Waals surface area contributed by atoms with E-state index in [-0.39, 0.29) is 6.79 Å². The summed E-state index contributed by atoms with van der Waals surface area (Å²) in [5.74, 6) is -5.79. The van der Waals surface area contributed by atoms with Crippen molar-refractivity contribution < 1.29 is 27.0 Å². The highest BCUT2D eigenvalue weighted by Gasteiger charge is 2.20. The molecule has 0 atom stereocenters. The number of rotatable bonds is 3. The zero-order valence-corrected chi connectivity index (χ0v) is 11.7. The number of anilines is 1. The zero-order valence-electron chi connectivity index (χ0n) is 11.7. The Bertz CT molecular complexity index is 785. The Labute approximate surface area is 127 Å². The van der Waals surface area contributed by atoms with Crippen LogP contribution < -0.4 is 14.9 Å². The summed E-state index contributed by atoms with van der Waals surface area (Å²) in [4.78, 5) is 2.46. The van der Waals surface area contributed by atoms with Gasteiger partial charge in [0.05, 0.1) is 5.71 Å². The Morgan fingerprint density at radius 2 is 1.74 bits per heavy atom. The van der Waals surface area contributed by atoms with Gasteiger partial charge in [0.15, 0.2) is 11.5 Å². The summed E-state index contributed by atoms with van der Waals surface area (Å²) in [6, 6.07) is 4.90. The van der Waals surface area contributed by atoms with Gasteiger partial charge in [-0.2, -0.15) is 27.6 Å². The minimum Gasteiger partial charge on any atom is -0.454 e. The molecule has 1 N–H and O–H groups in total. The normalized spacial score (nSPS) is 13.3. The molecule has 120 valence electrons. The van der Waals surface area contributed by atoms with Gasteiger partial charge in [-0.15, -0.1) is 0 Å².